The lowest BCUT2D eigenvalue weighted by atomic mass is 10.0. The molecule has 0 spiro atoms. The Balaban J connectivity index is 3.87. The number of hydrogen-bond acceptors (Lipinski definition) is 3. The Morgan fingerprint density at radius 3 is 1.50 bits per heavy atom. The zero-order chi connectivity index (χ0) is 19.7. The molecule has 26 heavy (non-hydrogen) atoms. The molecule has 0 saturated heterocycles. The van der Waals surface area contributed by atoms with Crippen LogP contribution in [0.2, 0.25) is 0 Å². The van der Waals surface area contributed by atoms with E-state index in [9.17, 15) is 18.1 Å². The molecule has 4 nitrogen and oxygen atoms in total. The molecule has 0 saturated carbocycles. The van der Waals surface area contributed by atoms with Crippen molar-refractivity contribution in [3.8, 4) is 0 Å². The van der Waals surface area contributed by atoms with Gasteiger partial charge in [-0.2, -0.15) is 8.42 Å². The minimum atomic E-state index is -3.97. The van der Waals surface area contributed by atoms with Crippen LogP contribution in [0.15, 0.2) is 0 Å². The van der Waals surface area contributed by atoms with E-state index in [-0.39, 0.29) is 6.10 Å². The van der Waals surface area contributed by atoms with Crippen molar-refractivity contribution in [3.05, 3.63) is 0 Å². The van der Waals surface area contributed by atoms with E-state index in [0.717, 1.165) is 38.5 Å². The van der Waals surface area contributed by atoms with Gasteiger partial charge in [-0.05, 0) is 32.1 Å². The van der Waals surface area contributed by atoms with Gasteiger partial charge in [0.2, 0.25) is 0 Å². The van der Waals surface area contributed by atoms with Gasteiger partial charge in [0, 0.05) is 0 Å². The quantitative estimate of drug-likeness (QED) is 0.200. The molecule has 0 aliphatic carbocycles. The van der Waals surface area contributed by atoms with E-state index >= 15 is 0 Å². The average molecular weight is 393 g/mol. The van der Waals surface area contributed by atoms with E-state index in [2.05, 4.69) is 13.8 Å². The third-order valence-corrected chi connectivity index (χ3v) is 6.57. The fourth-order valence-corrected chi connectivity index (χ4v) is 4.41. The molecule has 158 valence electrons. The molecule has 0 aliphatic heterocycles. The number of unbranched alkanes of at least 4 members (excludes halogenated alkanes) is 10. The van der Waals surface area contributed by atoms with Crippen LogP contribution in [0.5, 0.6) is 0 Å². The number of rotatable bonds is 19. The van der Waals surface area contributed by atoms with Crippen molar-refractivity contribution < 1.29 is 18.1 Å². The van der Waals surface area contributed by atoms with E-state index in [0.29, 0.717) is 25.7 Å². The van der Waals surface area contributed by atoms with E-state index in [1.807, 2.05) is 0 Å². The Morgan fingerprint density at radius 2 is 1.00 bits per heavy atom. The Morgan fingerprint density at radius 1 is 0.615 bits per heavy atom. The number of aliphatic hydroxyl groups is 1. The molecule has 2 N–H and O–H groups in total. The van der Waals surface area contributed by atoms with E-state index in [1.165, 1.54) is 44.9 Å². The van der Waals surface area contributed by atoms with Gasteiger partial charge in [-0.25, -0.2) is 0 Å². The highest BCUT2D eigenvalue weighted by Gasteiger charge is 2.22. The molecule has 0 heterocycles. The van der Waals surface area contributed by atoms with Crippen LogP contribution in [-0.4, -0.2) is 29.4 Å². The van der Waals surface area contributed by atoms with Gasteiger partial charge in [0.15, 0.2) is 0 Å². The van der Waals surface area contributed by atoms with Crippen LogP contribution in [0.3, 0.4) is 0 Å². The van der Waals surface area contributed by atoms with Gasteiger partial charge in [0.1, 0.15) is 0 Å². The average Bonchev–Trinajstić information content (AvgIpc) is 2.58. The Bertz CT molecular complexity index is 395. The van der Waals surface area contributed by atoms with Gasteiger partial charge in [0.05, 0.1) is 11.4 Å². The van der Waals surface area contributed by atoms with Crippen LogP contribution in [0.4, 0.5) is 0 Å². The van der Waals surface area contributed by atoms with Crippen molar-refractivity contribution in [1.82, 2.24) is 0 Å². The first kappa shape index (κ1) is 25.9. The maximum absolute atomic E-state index is 11.6. The second kappa shape index (κ2) is 17.0. The third-order valence-electron chi connectivity index (χ3n) is 5.26. The van der Waals surface area contributed by atoms with Gasteiger partial charge in [0.25, 0.3) is 10.1 Å². The number of hydrogen-bond donors (Lipinski definition) is 2. The molecular formula is C21H44O4S. The van der Waals surface area contributed by atoms with Crippen molar-refractivity contribution in [2.75, 3.05) is 0 Å². The van der Waals surface area contributed by atoms with Gasteiger partial charge in [-0.15, -0.1) is 0 Å². The highest BCUT2D eigenvalue weighted by molar-refractivity contribution is 7.86. The lowest BCUT2D eigenvalue weighted by molar-refractivity contribution is 0.147. The molecule has 0 aromatic carbocycles. The van der Waals surface area contributed by atoms with Crippen LogP contribution >= 0.6 is 0 Å². The summed E-state index contributed by atoms with van der Waals surface area (Å²) in [6.45, 7) is 4.38. The molecule has 2 atom stereocenters. The summed E-state index contributed by atoms with van der Waals surface area (Å²) in [6.07, 6.45) is 16.7. The molecule has 5 heteroatoms. The molecule has 0 aromatic rings. The summed E-state index contributed by atoms with van der Waals surface area (Å²) in [4.78, 5) is 0. The first-order valence-electron chi connectivity index (χ1n) is 11.1. The predicted molar refractivity (Wildman–Crippen MR) is 111 cm³/mol. The minimum Gasteiger partial charge on any atom is -0.393 e. The molecule has 0 rings (SSSR count). The number of aliphatic hydroxyl groups excluding tert-OH is 1. The first-order valence-corrected chi connectivity index (χ1v) is 12.6. The lowest BCUT2D eigenvalue weighted by Gasteiger charge is -2.15. The van der Waals surface area contributed by atoms with Crippen molar-refractivity contribution in [2.24, 2.45) is 0 Å². The summed E-state index contributed by atoms with van der Waals surface area (Å²) < 4.78 is 32.6. The summed E-state index contributed by atoms with van der Waals surface area (Å²) in [5, 5.41) is 9.37. The molecule has 0 amide bonds. The third kappa shape index (κ3) is 16.1. The van der Waals surface area contributed by atoms with Crippen LogP contribution in [0.25, 0.3) is 0 Å². The molecule has 0 aromatic heterocycles. The minimum absolute atomic E-state index is 0.336. The summed E-state index contributed by atoms with van der Waals surface area (Å²) in [7, 11) is -3.97. The van der Waals surface area contributed by atoms with Gasteiger partial charge in [-0.3, -0.25) is 4.55 Å². The largest absolute Gasteiger partial charge is 0.393 e. The zero-order valence-electron chi connectivity index (χ0n) is 17.3. The Labute approximate surface area is 162 Å². The van der Waals surface area contributed by atoms with Crippen molar-refractivity contribution in [2.45, 2.75) is 134 Å². The van der Waals surface area contributed by atoms with Gasteiger partial charge in [-0.1, -0.05) is 90.9 Å². The molecule has 0 fully saturated rings. The zero-order valence-corrected chi connectivity index (χ0v) is 18.1. The van der Waals surface area contributed by atoms with E-state index < -0.39 is 15.4 Å². The van der Waals surface area contributed by atoms with Crippen LogP contribution in [-0.2, 0) is 10.1 Å². The topological polar surface area (TPSA) is 74.6 Å². The second-order valence-electron chi connectivity index (χ2n) is 7.83. The van der Waals surface area contributed by atoms with Gasteiger partial charge >= 0.3 is 0 Å². The maximum Gasteiger partial charge on any atom is 0.267 e. The molecule has 0 radical (unpaired) electrons. The lowest BCUT2D eigenvalue weighted by Crippen LogP contribution is -2.21. The van der Waals surface area contributed by atoms with Crippen LogP contribution < -0.4 is 0 Å². The first-order chi connectivity index (χ1) is 12.4. The second-order valence-corrected chi connectivity index (χ2v) is 9.53. The fourth-order valence-electron chi connectivity index (χ4n) is 3.48. The predicted octanol–water partition coefficient (Wildman–Crippen LogP) is 6.28. The molecule has 2 unspecified atom stereocenters. The van der Waals surface area contributed by atoms with E-state index in [1.54, 1.807) is 0 Å². The molecule has 0 bridgehead atoms. The van der Waals surface area contributed by atoms with Gasteiger partial charge < -0.3 is 5.11 Å². The summed E-state index contributed by atoms with van der Waals surface area (Å²) >= 11 is 0. The Kier molecular flexibility index (Phi) is 16.9. The summed E-state index contributed by atoms with van der Waals surface area (Å²) in [6, 6.07) is 0. The van der Waals surface area contributed by atoms with Crippen molar-refractivity contribution >= 4 is 10.1 Å². The SMILES string of the molecule is CCCCCCCCCC(CCCC(O)CCCCCCC)S(=O)(=O)O. The monoisotopic (exact) mass is 392 g/mol. The highest BCUT2D eigenvalue weighted by atomic mass is 32.2. The normalized spacial score (nSPS) is 14.5. The smallest absolute Gasteiger partial charge is 0.267 e. The molecule has 0 aliphatic rings. The molecular weight excluding hydrogens is 348 g/mol. The van der Waals surface area contributed by atoms with E-state index in [4.69, 9.17) is 0 Å². The van der Waals surface area contributed by atoms with Crippen LogP contribution in [0, 0.1) is 0 Å². The van der Waals surface area contributed by atoms with Crippen molar-refractivity contribution in [3.63, 3.8) is 0 Å². The fraction of sp³-hybridized carbons (Fsp3) is 1.00. The summed E-state index contributed by atoms with van der Waals surface area (Å²) in [5.74, 6) is 0. The maximum atomic E-state index is 11.6. The van der Waals surface area contributed by atoms with Crippen molar-refractivity contribution in [1.29, 1.82) is 0 Å². The standard InChI is InChI=1S/C21H44O4S/c1-3-5-7-9-10-12-14-18-21(26(23,24)25)19-15-17-20(22)16-13-11-8-6-4-2/h20-22H,3-19H2,1-2H3,(H,23,24,25). The summed E-state index contributed by atoms with van der Waals surface area (Å²) in [5.41, 5.74) is 0. The Hall–Kier alpha value is -0.130. The van der Waals surface area contributed by atoms with Crippen LogP contribution in [0.1, 0.15) is 123 Å². The highest BCUT2D eigenvalue weighted by Crippen LogP contribution is 2.19.